The lowest BCUT2D eigenvalue weighted by atomic mass is 9.96. The second-order valence-electron chi connectivity index (χ2n) is 7.01. The van der Waals surface area contributed by atoms with Crippen molar-refractivity contribution in [2.75, 3.05) is 29.6 Å². The maximum Gasteiger partial charge on any atom is 0.227 e. The number of amides is 1. The molecule has 0 spiro atoms. The minimum absolute atomic E-state index is 0.0175. The standard InChI is InChI=1S/C20H21N3O3S2/c1-28(25,26)16-8-6-15(7-9-16)21-19(24)14-10-12-23(13-11-14)20-22-17-4-2-3-5-18(17)27-20/h2-9,14H,10-13H2,1H3,(H,21,24). The van der Waals surface area contributed by atoms with Crippen LogP contribution in [0.25, 0.3) is 10.2 Å². The molecule has 8 heteroatoms. The molecule has 0 saturated carbocycles. The molecular weight excluding hydrogens is 394 g/mol. The molecule has 1 aliphatic rings. The second kappa shape index (κ2) is 7.52. The number of benzene rings is 2. The van der Waals surface area contributed by atoms with E-state index in [1.807, 2.05) is 18.2 Å². The van der Waals surface area contributed by atoms with Gasteiger partial charge in [-0.05, 0) is 49.2 Å². The van der Waals surface area contributed by atoms with Crippen LogP contribution in [0.3, 0.4) is 0 Å². The molecule has 1 aromatic heterocycles. The third kappa shape index (κ3) is 4.02. The topological polar surface area (TPSA) is 79.4 Å². The van der Waals surface area contributed by atoms with Gasteiger partial charge in [0.05, 0.1) is 15.1 Å². The first kappa shape index (κ1) is 18.9. The highest BCUT2D eigenvalue weighted by Crippen LogP contribution is 2.31. The largest absolute Gasteiger partial charge is 0.348 e. The van der Waals surface area contributed by atoms with Gasteiger partial charge < -0.3 is 10.2 Å². The van der Waals surface area contributed by atoms with Crippen LogP contribution < -0.4 is 10.2 Å². The zero-order valence-corrected chi connectivity index (χ0v) is 17.1. The van der Waals surface area contributed by atoms with Gasteiger partial charge in [-0.1, -0.05) is 23.5 Å². The van der Waals surface area contributed by atoms with E-state index < -0.39 is 9.84 Å². The zero-order valence-electron chi connectivity index (χ0n) is 15.5. The Morgan fingerprint density at radius 3 is 2.43 bits per heavy atom. The van der Waals surface area contributed by atoms with E-state index >= 15 is 0 Å². The third-order valence-corrected chi connectivity index (χ3v) is 7.19. The van der Waals surface area contributed by atoms with Crippen LogP contribution in [0.1, 0.15) is 12.8 Å². The fourth-order valence-electron chi connectivity index (χ4n) is 3.36. The number of carbonyl (C=O) groups excluding carboxylic acids is 1. The first-order valence-corrected chi connectivity index (χ1v) is 11.8. The van der Waals surface area contributed by atoms with E-state index in [1.54, 1.807) is 23.5 Å². The predicted molar refractivity (Wildman–Crippen MR) is 113 cm³/mol. The molecule has 28 heavy (non-hydrogen) atoms. The van der Waals surface area contributed by atoms with E-state index in [-0.39, 0.29) is 16.7 Å². The SMILES string of the molecule is CS(=O)(=O)c1ccc(NC(=O)C2CCN(c3nc4ccccc4s3)CC2)cc1. The summed E-state index contributed by atoms with van der Waals surface area (Å²) in [5, 5.41) is 3.91. The van der Waals surface area contributed by atoms with Crippen molar-refractivity contribution in [1.82, 2.24) is 4.98 Å². The van der Waals surface area contributed by atoms with Crippen molar-refractivity contribution in [3.63, 3.8) is 0 Å². The molecule has 0 atom stereocenters. The normalized spacial score (nSPS) is 15.7. The maximum absolute atomic E-state index is 12.6. The van der Waals surface area contributed by atoms with E-state index in [0.29, 0.717) is 5.69 Å². The summed E-state index contributed by atoms with van der Waals surface area (Å²) in [5.41, 5.74) is 1.63. The predicted octanol–water partition coefficient (Wildman–Crippen LogP) is 3.55. The number of hydrogen-bond acceptors (Lipinski definition) is 6. The van der Waals surface area contributed by atoms with Crippen LogP contribution in [0.5, 0.6) is 0 Å². The Morgan fingerprint density at radius 2 is 1.79 bits per heavy atom. The number of fused-ring (bicyclic) bond motifs is 1. The first-order chi connectivity index (χ1) is 13.4. The first-order valence-electron chi connectivity index (χ1n) is 9.12. The number of para-hydroxylation sites is 1. The van der Waals surface area contributed by atoms with Crippen molar-refractivity contribution < 1.29 is 13.2 Å². The minimum Gasteiger partial charge on any atom is -0.348 e. The highest BCUT2D eigenvalue weighted by molar-refractivity contribution is 7.90. The van der Waals surface area contributed by atoms with Gasteiger partial charge in [0.1, 0.15) is 0 Å². The van der Waals surface area contributed by atoms with Crippen LogP contribution in [0, 0.1) is 5.92 Å². The van der Waals surface area contributed by atoms with Gasteiger partial charge >= 0.3 is 0 Å². The number of carbonyl (C=O) groups is 1. The Hall–Kier alpha value is -2.45. The van der Waals surface area contributed by atoms with Crippen molar-refractivity contribution in [1.29, 1.82) is 0 Å². The van der Waals surface area contributed by atoms with Gasteiger partial charge in [0.2, 0.25) is 5.91 Å². The molecule has 4 rings (SSSR count). The molecule has 1 saturated heterocycles. The highest BCUT2D eigenvalue weighted by atomic mass is 32.2. The van der Waals surface area contributed by atoms with Crippen LogP contribution >= 0.6 is 11.3 Å². The second-order valence-corrected chi connectivity index (χ2v) is 10.0. The lowest BCUT2D eigenvalue weighted by Crippen LogP contribution is -2.38. The zero-order chi connectivity index (χ0) is 19.7. The summed E-state index contributed by atoms with van der Waals surface area (Å²) in [4.78, 5) is 19.8. The van der Waals surface area contributed by atoms with E-state index in [9.17, 15) is 13.2 Å². The third-order valence-electron chi connectivity index (χ3n) is 4.97. The Labute approximate surface area is 168 Å². The Morgan fingerprint density at radius 1 is 1.11 bits per heavy atom. The molecule has 1 amide bonds. The summed E-state index contributed by atoms with van der Waals surface area (Å²) < 4.78 is 24.2. The molecule has 0 bridgehead atoms. The lowest BCUT2D eigenvalue weighted by Gasteiger charge is -2.31. The molecule has 146 valence electrons. The molecule has 2 aromatic carbocycles. The Balaban J connectivity index is 1.36. The van der Waals surface area contributed by atoms with Gasteiger partial charge in [-0.25, -0.2) is 13.4 Å². The Bertz CT molecular complexity index is 1070. The summed E-state index contributed by atoms with van der Waals surface area (Å²) in [7, 11) is -3.23. The van der Waals surface area contributed by atoms with Crippen molar-refractivity contribution in [2.24, 2.45) is 5.92 Å². The fourth-order valence-corrected chi connectivity index (χ4v) is 5.01. The van der Waals surface area contributed by atoms with Crippen LogP contribution in [0.2, 0.25) is 0 Å². The van der Waals surface area contributed by atoms with Crippen LogP contribution in [-0.4, -0.2) is 38.7 Å². The average molecular weight is 416 g/mol. The van der Waals surface area contributed by atoms with E-state index in [0.717, 1.165) is 36.6 Å². The highest BCUT2D eigenvalue weighted by Gasteiger charge is 2.26. The number of anilines is 2. The number of rotatable bonds is 4. The molecule has 1 N–H and O–H groups in total. The molecule has 0 unspecified atom stereocenters. The minimum atomic E-state index is -3.23. The molecule has 6 nitrogen and oxygen atoms in total. The number of nitrogens with one attached hydrogen (secondary N) is 1. The monoisotopic (exact) mass is 415 g/mol. The number of thiazole rings is 1. The number of aromatic nitrogens is 1. The Kier molecular flexibility index (Phi) is 5.07. The smallest absolute Gasteiger partial charge is 0.227 e. The summed E-state index contributed by atoms with van der Waals surface area (Å²) in [6.07, 6.45) is 2.70. The van der Waals surface area contributed by atoms with E-state index in [2.05, 4.69) is 16.3 Å². The molecule has 3 aromatic rings. The van der Waals surface area contributed by atoms with Crippen molar-refractivity contribution in [3.05, 3.63) is 48.5 Å². The maximum atomic E-state index is 12.6. The van der Waals surface area contributed by atoms with Gasteiger partial charge in [-0.2, -0.15) is 0 Å². The van der Waals surface area contributed by atoms with Gasteiger partial charge in [-0.15, -0.1) is 0 Å². The number of nitrogens with zero attached hydrogens (tertiary/aromatic N) is 2. The summed E-state index contributed by atoms with van der Waals surface area (Å²) >= 11 is 1.68. The van der Waals surface area contributed by atoms with Gasteiger partial charge in [0.25, 0.3) is 0 Å². The average Bonchev–Trinajstić information content (AvgIpc) is 3.12. The van der Waals surface area contributed by atoms with E-state index in [4.69, 9.17) is 4.98 Å². The molecule has 2 heterocycles. The van der Waals surface area contributed by atoms with Gasteiger partial charge in [0, 0.05) is 31.0 Å². The van der Waals surface area contributed by atoms with Gasteiger partial charge in [-0.3, -0.25) is 4.79 Å². The van der Waals surface area contributed by atoms with Crippen molar-refractivity contribution in [2.45, 2.75) is 17.7 Å². The van der Waals surface area contributed by atoms with Crippen molar-refractivity contribution in [3.8, 4) is 0 Å². The summed E-state index contributed by atoms with van der Waals surface area (Å²) in [6.45, 7) is 1.59. The molecule has 1 fully saturated rings. The number of piperidine rings is 1. The molecular formula is C20H21N3O3S2. The molecule has 0 radical (unpaired) electrons. The summed E-state index contributed by atoms with van der Waals surface area (Å²) in [5.74, 6) is -0.0729. The van der Waals surface area contributed by atoms with Crippen LogP contribution in [-0.2, 0) is 14.6 Å². The quantitative estimate of drug-likeness (QED) is 0.705. The van der Waals surface area contributed by atoms with Gasteiger partial charge in [0.15, 0.2) is 15.0 Å². The van der Waals surface area contributed by atoms with Crippen molar-refractivity contribution >= 4 is 48.1 Å². The fraction of sp³-hybridized carbons (Fsp3) is 0.300. The molecule has 0 aliphatic carbocycles. The number of hydrogen-bond donors (Lipinski definition) is 1. The molecule has 1 aliphatic heterocycles. The number of sulfone groups is 1. The van der Waals surface area contributed by atoms with Crippen LogP contribution in [0.15, 0.2) is 53.4 Å². The van der Waals surface area contributed by atoms with E-state index in [1.165, 1.54) is 23.1 Å². The summed E-state index contributed by atoms with van der Waals surface area (Å²) in [6, 6.07) is 14.4. The van der Waals surface area contributed by atoms with Crippen LogP contribution in [0.4, 0.5) is 10.8 Å². The lowest BCUT2D eigenvalue weighted by molar-refractivity contribution is -0.120.